The molecule has 24 heavy (non-hydrogen) atoms. The number of hydrogen-bond acceptors (Lipinski definition) is 4. The fourth-order valence-corrected chi connectivity index (χ4v) is 2.76. The molecule has 4 N–H and O–H groups in total. The SMILES string of the molecule is NC(=O)C1CCC(C(=O)NC(CCC(=O)O)Cc2ccccc2)O1. The van der Waals surface area contributed by atoms with Gasteiger partial charge in [0.25, 0.3) is 0 Å². The third kappa shape index (κ3) is 5.34. The predicted molar refractivity (Wildman–Crippen MR) is 86.0 cm³/mol. The Morgan fingerprint density at radius 2 is 1.88 bits per heavy atom. The minimum absolute atomic E-state index is 0.0345. The molecule has 0 aliphatic carbocycles. The normalized spacial score (nSPS) is 21.2. The van der Waals surface area contributed by atoms with Gasteiger partial charge >= 0.3 is 5.97 Å². The monoisotopic (exact) mass is 334 g/mol. The Morgan fingerprint density at radius 1 is 1.21 bits per heavy atom. The van der Waals surface area contributed by atoms with E-state index in [1.54, 1.807) is 0 Å². The lowest BCUT2D eigenvalue weighted by Crippen LogP contribution is -2.43. The summed E-state index contributed by atoms with van der Waals surface area (Å²) in [4.78, 5) is 34.3. The summed E-state index contributed by atoms with van der Waals surface area (Å²) >= 11 is 0. The molecule has 1 aromatic rings. The first-order valence-corrected chi connectivity index (χ1v) is 7.96. The fourth-order valence-electron chi connectivity index (χ4n) is 2.76. The Bertz CT molecular complexity index is 590. The van der Waals surface area contributed by atoms with Crippen LogP contribution in [0.3, 0.4) is 0 Å². The van der Waals surface area contributed by atoms with Crippen LogP contribution in [0.1, 0.15) is 31.2 Å². The molecule has 1 saturated heterocycles. The first-order valence-electron chi connectivity index (χ1n) is 7.96. The van der Waals surface area contributed by atoms with E-state index in [9.17, 15) is 14.4 Å². The average molecular weight is 334 g/mol. The van der Waals surface area contributed by atoms with Gasteiger partial charge in [0.1, 0.15) is 12.2 Å². The molecule has 130 valence electrons. The van der Waals surface area contributed by atoms with E-state index in [0.717, 1.165) is 5.56 Å². The summed E-state index contributed by atoms with van der Waals surface area (Å²) in [5.41, 5.74) is 6.19. The van der Waals surface area contributed by atoms with Crippen molar-refractivity contribution in [1.29, 1.82) is 0 Å². The van der Waals surface area contributed by atoms with Gasteiger partial charge in [-0.25, -0.2) is 0 Å². The molecule has 3 unspecified atom stereocenters. The van der Waals surface area contributed by atoms with Crippen molar-refractivity contribution < 1.29 is 24.2 Å². The van der Waals surface area contributed by atoms with Crippen LogP contribution < -0.4 is 11.1 Å². The van der Waals surface area contributed by atoms with Crippen LogP contribution in [0.4, 0.5) is 0 Å². The van der Waals surface area contributed by atoms with E-state index in [1.165, 1.54) is 0 Å². The number of carbonyl (C=O) groups is 3. The Balaban J connectivity index is 1.95. The molecule has 7 heteroatoms. The second-order valence-electron chi connectivity index (χ2n) is 5.92. The molecule has 0 bridgehead atoms. The maximum Gasteiger partial charge on any atom is 0.303 e. The zero-order chi connectivity index (χ0) is 17.5. The molecule has 1 aliphatic heterocycles. The van der Waals surface area contributed by atoms with E-state index in [1.807, 2.05) is 30.3 Å². The van der Waals surface area contributed by atoms with Gasteiger partial charge in [-0.15, -0.1) is 0 Å². The highest BCUT2D eigenvalue weighted by Gasteiger charge is 2.34. The highest BCUT2D eigenvalue weighted by atomic mass is 16.5. The number of amides is 2. The number of carboxylic acid groups (broad SMARTS) is 1. The van der Waals surface area contributed by atoms with Crippen molar-refractivity contribution in [3.05, 3.63) is 35.9 Å². The molecule has 0 radical (unpaired) electrons. The molecule has 1 fully saturated rings. The molecule has 7 nitrogen and oxygen atoms in total. The van der Waals surface area contributed by atoms with E-state index in [2.05, 4.69) is 5.32 Å². The smallest absolute Gasteiger partial charge is 0.303 e. The average Bonchev–Trinajstić information content (AvgIpc) is 3.04. The van der Waals surface area contributed by atoms with Crippen molar-refractivity contribution in [2.45, 2.75) is 50.4 Å². The number of carboxylic acids is 1. The first-order chi connectivity index (χ1) is 11.5. The number of hydrogen-bond donors (Lipinski definition) is 3. The van der Waals surface area contributed by atoms with Crippen molar-refractivity contribution >= 4 is 17.8 Å². The highest BCUT2D eigenvalue weighted by Crippen LogP contribution is 2.20. The van der Waals surface area contributed by atoms with Crippen molar-refractivity contribution in [2.75, 3.05) is 0 Å². The number of carbonyl (C=O) groups excluding carboxylic acids is 2. The maximum absolute atomic E-state index is 12.3. The topological polar surface area (TPSA) is 119 Å². The molecule has 2 amide bonds. The standard InChI is InChI=1S/C17H22N2O5/c18-16(22)13-7-8-14(24-13)17(23)19-12(6-9-15(20)21)10-11-4-2-1-3-5-11/h1-5,12-14H,6-10H2,(H2,18,22)(H,19,23)(H,20,21). The summed E-state index contributed by atoms with van der Waals surface area (Å²) in [6.45, 7) is 0. The quantitative estimate of drug-likeness (QED) is 0.643. The van der Waals surface area contributed by atoms with Gasteiger partial charge in [0.15, 0.2) is 0 Å². The Kier molecular flexibility index (Phi) is 6.31. The van der Waals surface area contributed by atoms with Crippen molar-refractivity contribution in [1.82, 2.24) is 5.32 Å². The van der Waals surface area contributed by atoms with Crippen LogP contribution in [0.2, 0.25) is 0 Å². The summed E-state index contributed by atoms with van der Waals surface area (Å²) in [5.74, 6) is -1.81. The Hall–Kier alpha value is -2.41. The zero-order valence-electron chi connectivity index (χ0n) is 13.3. The van der Waals surface area contributed by atoms with Crippen LogP contribution in [0.5, 0.6) is 0 Å². The van der Waals surface area contributed by atoms with Crippen molar-refractivity contribution in [3.63, 3.8) is 0 Å². The number of primary amides is 1. The molecule has 1 aromatic carbocycles. The molecule has 0 aromatic heterocycles. The second-order valence-corrected chi connectivity index (χ2v) is 5.92. The zero-order valence-corrected chi connectivity index (χ0v) is 13.3. The Morgan fingerprint density at radius 3 is 2.46 bits per heavy atom. The molecular formula is C17H22N2O5. The van der Waals surface area contributed by atoms with Crippen LogP contribution in [-0.4, -0.2) is 41.1 Å². The van der Waals surface area contributed by atoms with Crippen LogP contribution in [0.25, 0.3) is 0 Å². The van der Waals surface area contributed by atoms with Crippen LogP contribution >= 0.6 is 0 Å². The number of ether oxygens (including phenoxy) is 1. The molecule has 1 heterocycles. The minimum atomic E-state index is -0.909. The predicted octanol–water partition coefficient (Wildman–Crippen LogP) is 0.612. The van der Waals surface area contributed by atoms with E-state index < -0.39 is 24.1 Å². The van der Waals surface area contributed by atoms with Crippen molar-refractivity contribution in [3.8, 4) is 0 Å². The molecular weight excluding hydrogens is 312 g/mol. The lowest BCUT2D eigenvalue weighted by atomic mass is 10.0. The molecule has 0 spiro atoms. The third-order valence-electron chi connectivity index (χ3n) is 4.01. The van der Waals surface area contributed by atoms with Gasteiger partial charge in [-0.1, -0.05) is 30.3 Å². The molecule has 0 saturated carbocycles. The largest absolute Gasteiger partial charge is 0.481 e. The van der Waals surface area contributed by atoms with Crippen LogP contribution in [0.15, 0.2) is 30.3 Å². The minimum Gasteiger partial charge on any atom is -0.481 e. The first kappa shape index (κ1) is 17.9. The number of nitrogens with two attached hydrogens (primary N) is 1. The van der Waals surface area contributed by atoms with E-state index in [0.29, 0.717) is 25.7 Å². The Labute approximate surface area is 140 Å². The lowest BCUT2D eigenvalue weighted by molar-refractivity contribution is -0.140. The van der Waals surface area contributed by atoms with E-state index in [4.69, 9.17) is 15.6 Å². The van der Waals surface area contributed by atoms with E-state index in [-0.39, 0.29) is 18.4 Å². The molecule has 3 atom stereocenters. The number of aliphatic carboxylic acids is 1. The van der Waals surface area contributed by atoms with Gasteiger partial charge in [-0.3, -0.25) is 14.4 Å². The maximum atomic E-state index is 12.3. The molecule has 1 aliphatic rings. The van der Waals surface area contributed by atoms with Gasteiger partial charge in [-0.05, 0) is 31.2 Å². The third-order valence-corrected chi connectivity index (χ3v) is 4.01. The van der Waals surface area contributed by atoms with E-state index >= 15 is 0 Å². The van der Waals surface area contributed by atoms with Crippen molar-refractivity contribution in [2.24, 2.45) is 5.73 Å². The number of rotatable bonds is 8. The number of nitrogens with one attached hydrogen (secondary N) is 1. The van der Waals surface area contributed by atoms with Gasteiger partial charge < -0.3 is 20.9 Å². The summed E-state index contributed by atoms with van der Waals surface area (Å²) in [6.07, 6.45) is 0.224. The van der Waals surface area contributed by atoms with Gasteiger partial charge in [-0.2, -0.15) is 0 Å². The summed E-state index contributed by atoms with van der Waals surface area (Å²) in [6, 6.07) is 9.22. The fraction of sp³-hybridized carbons (Fsp3) is 0.471. The number of benzene rings is 1. The van der Waals surface area contributed by atoms with Gasteiger partial charge in [0.05, 0.1) is 0 Å². The van der Waals surface area contributed by atoms with Crippen LogP contribution in [-0.2, 0) is 25.5 Å². The second kappa shape index (κ2) is 8.44. The molecule has 2 rings (SSSR count). The van der Waals surface area contributed by atoms with Gasteiger partial charge in [0.2, 0.25) is 11.8 Å². The van der Waals surface area contributed by atoms with Gasteiger partial charge in [0, 0.05) is 12.5 Å². The summed E-state index contributed by atoms with van der Waals surface area (Å²) < 4.78 is 5.36. The highest BCUT2D eigenvalue weighted by molar-refractivity contribution is 5.84. The van der Waals surface area contributed by atoms with Crippen LogP contribution in [0, 0.1) is 0 Å². The summed E-state index contributed by atoms with van der Waals surface area (Å²) in [5, 5.41) is 11.7. The lowest BCUT2D eigenvalue weighted by Gasteiger charge is -2.20. The summed E-state index contributed by atoms with van der Waals surface area (Å²) in [7, 11) is 0.